The molecule has 1 aliphatic heterocycles. The van der Waals surface area contributed by atoms with Gasteiger partial charge in [0.1, 0.15) is 18.0 Å². The fraction of sp³-hybridized carbons (Fsp3) is 0.500. The number of hydrogen-bond donors (Lipinski definition) is 1. The van der Waals surface area contributed by atoms with Gasteiger partial charge in [0.05, 0.1) is 6.10 Å². The second kappa shape index (κ2) is 6.39. The third kappa shape index (κ3) is 2.87. The van der Waals surface area contributed by atoms with Gasteiger partial charge in [-0.05, 0) is 26.0 Å². The first-order valence-corrected chi connectivity index (χ1v) is 7.21. The molecule has 20 heavy (non-hydrogen) atoms. The van der Waals surface area contributed by atoms with Crippen LogP contribution in [-0.2, 0) is 22.6 Å². The highest BCUT2D eigenvalue weighted by atomic mass is 16.5. The van der Waals surface area contributed by atoms with Gasteiger partial charge in [-0.15, -0.1) is 0 Å². The van der Waals surface area contributed by atoms with Crippen molar-refractivity contribution in [3.8, 4) is 0 Å². The minimum Gasteiger partial charge on any atom is -0.458 e. The van der Waals surface area contributed by atoms with E-state index in [1.807, 2.05) is 25.2 Å². The van der Waals surface area contributed by atoms with Gasteiger partial charge in [0.2, 0.25) is 0 Å². The molecule has 0 atom stereocenters. The van der Waals surface area contributed by atoms with E-state index >= 15 is 0 Å². The smallest absolute Gasteiger partial charge is 0.135 e. The molecule has 0 saturated carbocycles. The molecule has 0 amide bonds. The Hall–Kier alpha value is -1.36. The molecule has 0 spiro atoms. The average molecular weight is 275 g/mol. The van der Waals surface area contributed by atoms with Crippen molar-refractivity contribution >= 4 is 11.0 Å². The Morgan fingerprint density at radius 2 is 2.05 bits per heavy atom. The van der Waals surface area contributed by atoms with Crippen molar-refractivity contribution in [2.45, 2.75) is 32.1 Å². The molecule has 4 heteroatoms. The molecular weight excluding hydrogens is 254 g/mol. The van der Waals surface area contributed by atoms with Crippen LogP contribution in [0.15, 0.2) is 28.7 Å². The van der Waals surface area contributed by atoms with Crippen LogP contribution < -0.4 is 5.32 Å². The maximum absolute atomic E-state index is 5.98. The van der Waals surface area contributed by atoms with Crippen LogP contribution in [0.1, 0.15) is 24.2 Å². The van der Waals surface area contributed by atoms with E-state index < -0.39 is 0 Å². The third-order valence-electron chi connectivity index (χ3n) is 3.75. The predicted molar refractivity (Wildman–Crippen MR) is 77.6 cm³/mol. The van der Waals surface area contributed by atoms with Crippen LogP contribution in [0.3, 0.4) is 0 Å². The van der Waals surface area contributed by atoms with Gasteiger partial charge in [0.25, 0.3) is 0 Å². The first-order chi connectivity index (χ1) is 9.88. The Morgan fingerprint density at radius 3 is 2.85 bits per heavy atom. The van der Waals surface area contributed by atoms with E-state index in [0.717, 1.165) is 43.9 Å². The maximum atomic E-state index is 5.98. The van der Waals surface area contributed by atoms with Crippen molar-refractivity contribution in [2.75, 3.05) is 20.3 Å². The lowest BCUT2D eigenvalue weighted by Crippen LogP contribution is -2.23. The van der Waals surface area contributed by atoms with Crippen molar-refractivity contribution in [3.63, 3.8) is 0 Å². The molecule has 4 nitrogen and oxygen atoms in total. The third-order valence-corrected chi connectivity index (χ3v) is 3.75. The Balaban J connectivity index is 1.77. The molecule has 1 N–H and O–H groups in total. The number of ether oxygens (including phenoxy) is 2. The zero-order valence-corrected chi connectivity index (χ0v) is 11.9. The monoisotopic (exact) mass is 275 g/mol. The van der Waals surface area contributed by atoms with Gasteiger partial charge in [-0.2, -0.15) is 0 Å². The van der Waals surface area contributed by atoms with Crippen molar-refractivity contribution in [1.82, 2.24) is 5.32 Å². The number of nitrogens with one attached hydrogen (secondary N) is 1. The van der Waals surface area contributed by atoms with Crippen LogP contribution in [0.4, 0.5) is 0 Å². The molecule has 3 rings (SSSR count). The largest absolute Gasteiger partial charge is 0.458 e. The van der Waals surface area contributed by atoms with Gasteiger partial charge in [-0.1, -0.05) is 18.2 Å². The summed E-state index contributed by atoms with van der Waals surface area (Å²) in [5.74, 6) is 0.937. The first-order valence-electron chi connectivity index (χ1n) is 7.21. The number of para-hydroxylation sites is 1. The van der Waals surface area contributed by atoms with Gasteiger partial charge in [-0.3, -0.25) is 0 Å². The molecule has 1 aromatic carbocycles. The number of furan rings is 1. The molecule has 1 aliphatic rings. The van der Waals surface area contributed by atoms with E-state index in [4.69, 9.17) is 13.9 Å². The number of rotatable bonds is 5. The van der Waals surface area contributed by atoms with Gasteiger partial charge >= 0.3 is 0 Å². The Bertz CT molecular complexity index is 558. The van der Waals surface area contributed by atoms with Crippen LogP contribution >= 0.6 is 0 Å². The minimum absolute atomic E-state index is 0.291. The summed E-state index contributed by atoms with van der Waals surface area (Å²) in [6.07, 6.45) is 2.24. The molecule has 1 aromatic heterocycles. The van der Waals surface area contributed by atoms with Gasteiger partial charge in [0.15, 0.2) is 0 Å². The molecule has 1 fully saturated rings. The summed E-state index contributed by atoms with van der Waals surface area (Å²) in [6, 6.07) is 8.15. The highest BCUT2D eigenvalue weighted by molar-refractivity contribution is 5.82. The van der Waals surface area contributed by atoms with Crippen molar-refractivity contribution in [1.29, 1.82) is 0 Å². The number of hydrogen-bond acceptors (Lipinski definition) is 4. The van der Waals surface area contributed by atoms with E-state index in [2.05, 4.69) is 11.4 Å². The molecule has 108 valence electrons. The molecule has 0 unspecified atom stereocenters. The van der Waals surface area contributed by atoms with Crippen LogP contribution in [-0.4, -0.2) is 26.4 Å². The van der Waals surface area contributed by atoms with E-state index in [-0.39, 0.29) is 0 Å². The van der Waals surface area contributed by atoms with E-state index in [1.165, 1.54) is 10.9 Å². The summed E-state index contributed by atoms with van der Waals surface area (Å²) in [4.78, 5) is 0. The summed E-state index contributed by atoms with van der Waals surface area (Å²) in [6.45, 7) is 2.93. The van der Waals surface area contributed by atoms with E-state index in [9.17, 15) is 0 Å². The average Bonchev–Trinajstić information content (AvgIpc) is 2.85. The summed E-state index contributed by atoms with van der Waals surface area (Å²) in [5.41, 5.74) is 2.14. The normalized spacial score (nSPS) is 16.9. The lowest BCUT2D eigenvalue weighted by atomic mass is 10.1. The molecular formula is C16H21NO3. The standard InChI is InChI=1S/C16H21NO3/c1-17-10-14-13-4-2-3-5-15(13)20-16(14)11-19-12-6-8-18-9-7-12/h2-5,12,17H,6-11H2,1H3. The van der Waals surface area contributed by atoms with Crippen LogP contribution in [0.2, 0.25) is 0 Å². The predicted octanol–water partition coefficient (Wildman–Crippen LogP) is 2.85. The molecule has 0 aliphatic carbocycles. The Labute approximate surface area is 119 Å². The lowest BCUT2D eigenvalue weighted by Gasteiger charge is -2.22. The summed E-state index contributed by atoms with van der Waals surface area (Å²) in [5, 5.41) is 4.38. The van der Waals surface area contributed by atoms with Crippen molar-refractivity contribution in [3.05, 3.63) is 35.6 Å². The van der Waals surface area contributed by atoms with Crippen molar-refractivity contribution < 1.29 is 13.9 Å². The van der Waals surface area contributed by atoms with Gasteiger partial charge in [0, 0.05) is 30.7 Å². The summed E-state index contributed by atoms with van der Waals surface area (Å²) >= 11 is 0. The second-order valence-electron chi connectivity index (χ2n) is 5.15. The second-order valence-corrected chi connectivity index (χ2v) is 5.15. The maximum Gasteiger partial charge on any atom is 0.135 e. The number of benzene rings is 1. The highest BCUT2D eigenvalue weighted by Gasteiger charge is 2.18. The molecule has 2 heterocycles. The fourth-order valence-corrected chi connectivity index (χ4v) is 2.67. The van der Waals surface area contributed by atoms with Crippen LogP contribution in [0.25, 0.3) is 11.0 Å². The van der Waals surface area contributed by atoms with Gasteiger partial charge in [-0.25, -0.2) is 0 Å². The number of fused-ring (bicyclic) bond motifs is 1. The summed E-state index contributed by atoms with van der Waals surface area (Å²) < 4.78 is 17.3. The highest BCUT2D eigenvalue weighted by Crippen LogP contribution is 2.27. The van der Waals surface area contributed by atoms with Crippen molar-refractivity contribution in [2.24, 2.45) is 0 Å². The Morgan fingerprint density at radius 1 is 1.25 bits per heavy atom. The van der Waals surface area contributed by atoms with E-state index in [0.29, 0.717) is 12.7 Å². The van der Waals surface area contributed by atoms with Gasteiger partial charge < -0.3 is 19.2 Å². The SMILES string of the molecule is CNCc1c(COC2CCOCC2)oc2ccccc12. The molecule has 0 bridgehead atoms. The zero-order chi connectivity index (χ0) is 13.8. The van der Waals surface area contributed by atoms with Crippen LogP contribution in [0.5, 0.6) is 0 Å². The summed E-state index contributed by atoms with van der Waals surface area (Å²) in [7, 11) is 1.95. The molecule has 0 radical (unpaired) electrons. The minimum atomic E-state index is 0.291. The molecule has 2 aromatic rings. The lowest BCUT2D eigenvalue weighted by molar-refractivity contribution is -0.0433. The van der Waals surface area contributed by atoms with Crippen LogP contribution in [0, 0.1) is 0 Å². The quantitative estimate of drug-likeness (QED) is 0.911. The zero-order valence-electron chi connectivity index (χ0n) is 11.9. The van der Waals surface area contributed by atoms with E-state index in [1.54, 1.807) is 0 Å². The topological polar surface area (TPSA) is 43.6 Å². The first kappa shape index (κ1) is 13.6. The molecule has 1 saturated heterocycles. The Kier molecular flexibility index (Phi) is 4.35. The fourth-order valence-electron chi connectivity index (χ4n) is 2.67.